The van der Waals surface area contributed by atoms with E-state index >= 15 is 0 Å². The van der Waals surface area contributed by atoms with Gasteiger partial charge in [-0.3, -0.25) is 4.90 Å². The van der Waals surface area contributed by atoms with E-state index in [0.29, 0.717) is 37.0 Å². The lowest BCUT2D eigenvalue weighted by molar-refractivity contribution is 0.204. The van der Waals surface area contributed by atoms with E-state index in [1.54, 1.807) is 12.1 Å². The lowest BCUT2D eigenvalue weighted by Crippen LogP contribution is -2.48. The van der Waals surface area contributed by atoms with Gasteiger partial charge in [-0.2, -0.15) is 4.31 Å². The molecule has 1 heterocycles. The Kier molecular flexibility index (Phi) is 5.27. The fraction of sp³-hybridized carbons (Fsp3) is 0.429. The van der Waals surface area contributed by atoms with Gasteiger partial charge in [0.2, 0.25) is 10.0 Å². The summed E-state index contributed by atoms with van der Waals surface area (Å²) in [4.78, 5) is 2.28. The highest BCUT2D eigenvalue weighted by Gasteiger charge is 2.30. The summed E-state index contributed by atoms with van der Waals surface area (Å²) >= 11 is 5.93. The topological polar surface area (TPSA) is 49.9 Å². The first-order chi connectivity index (χ1) is 9.98. The number of hydrogen-bond acceptors (Lipinski definition) is 4. The maximum absolute atomic E-state index is 12.7. The molecule has 0 aromatic heterocycles. The van der Waals surface area contributed by atoms with E-state index in [-0.39, 0.29) is 4.90 Å². The molecule has 1 fully saturated rings. The van der Waals surface area contributed by atoms with Gasteiger partial charge in [0.15, 0.2) is 0 Å². The molecule has 21 heavy (non-hydrogen) atoms. The number of rotatable bonds is 5. The average molecular weight is 331 g/mol. The smallest absolute Gasteiger partial charge is 0.246 e. The number of methoxy groups -OCH3 is 1. The summed E-state index contributed by atoms with van der Waals surface area (Å²) in [5.41, 5.74) is 0. The Morgan fingerprint density at radius 1 is 1.33 bits per heavy atom. The summed E-state index contributed by atoms with van der Waals surface area (Å²) in [7, 11) is -2.15. The van der Waals surface area contributed by atoms with Crippen LogP contribution in [-0.4, -0.2) is 57.5 Å². The van der Waals surface area contributed by atoms with Gasteiger partial charge < -0.3 is 4.74 Å². The van der Waals surface area contributed by atoms with Crippen LogP contribution in [0.25, 0.3) is 0 Å². The van der Waals surface area contributed by atoms with Crippen molar-refractivity contribution in [3.05, 3.63) is 35.9 Å². The number of ether oxygens (including phenoxy) is 1. The van der Waals surface area contributed by atoms with Crippen LogP contribution in [-0.2, 0) is 10.0 Å². The zero-order chi connectivity index (χ0) is 15.5. The van der Waals surface area contributed by atoms with Crippen LogP contribution in [0.1, 0.15) is 0 Å². The molecule has 7 heteroatoms. The number of benzene rings is 1. The second-order valence-corrected chi connectivity index (χ2v) is 7.13. The molecular formula is C14H19ClN2O3S. The Bertz CT molecular complexity index is 611. The van der Waals surface area contributed by atoms with Gasteiger partial charge in [-0.25, -0.2) is 8.42 Å². The van der Waals surface area contributed by atoms with Crippen LogP contribution < -0.4 is 4.74 Å². The van der Waals surface area contributed by atoms with E-state index in [0.717, 1.165) is 6.54 Å². The molecule has 1 aromatic rings. The fourth-order valence-electron chi connectivity index (χ4n) is 2.33. The highest BCUT2D eigenvalue weighted by atomic mass is 35.5. The van der Waals surface area contributed by atoms with Crippen molar-refractivity contribution in [2.75, 3.05) is 39.8 Å². The molecule has 0 aliphatic carbocycles. The van der Waals surface area contributed by atoms with Gasteiger partial charge in [0.1, 0.15) is 10.6 Å². The first kappa shape index (κ1) is 16.3. The van der Waals surface area contributed by atoms with Crippen LogP contribution in [0.5, 0.6) is 5.75 Å². The molecule has 0 N–H and O–H groups in total. The summed E-state index contributed by atoms with van der Waals surface area (Å²) in [5, 5.41) is 0.375. The van der Waals surface area contributed by atoms with E-state index in [4.69, 9.17) is 16.3 Å². The molecule has 0 amide bonds. The predicted molar refractivity (Wildman–Crippen MR) is 83.4 cm³/mol. The van der Waals surface area contributed by atoms with Crippen LogP contribution in [0, 0.1) is 0 Å². The number of piperazine rings is 1. The summed E-state index contributed by atoms with van der Waals surface area (Å²) in [6, 6.07) is 4.62. The average Bonchev–Trinajstić information content (AvgIpc) is 2.48. The molecule has 116 valence electrons. The highest BCUT2D eigenvalue weighted by Crippen LogP contribution is 2.30. The molecule has 5 nitrogen and oxygen atoms in total. The number of hydrogen-bond donors (Lipinski definition) is 0. The Morgan fingerprint density at radius 2 is 2.00 bits per heavy atom. The van der Waals surface area contributed by atoms with E-state index in [1.165, 1.54) is 17.5 Å². The first-order valence-electron chi connectivity index (χ1n) is 6.66. The monoisotopic (exact) mass is 330 g/mol. The molecule has 0 unspecified atom stereocenters. The standard InChI is InChI=1S/C14H19ClN2O3S/c1-3-6-16-7-9-17(10-8-16)21(18,19)14-11-12(15)4-5-13(14)20-2/h3-5,11H,1,6-10H2,2H3. The van der Waals surface area contributed by atoms with Crippen LogP contribution in [0.3, 0.4) is 0 Å². The summed E-state index contributed by atoms with van der Waals surface area (Å²) in [6.07, 6.45) is 1.82. The second kappa shape index (κ2) is 6.79. The third-order valence-corrected chi connectivity index (χ3v) is 5.62. The van der Waals surface area contributed by atoms with Crippen molar-refractivity contribution in [3.8, 4) is 5.75 Å². The molecule has 2 rings (SSSR count). The number of halogens is 1. The van der Waals surface area contributed by atoms with Crippen molar-refractivity contribution in [3.63, 3.8) is 0 Å². The highest BCUT2D eigenvalue weighted by molar-refractivity contribution is 7.89. The SMILES string of the molecule is C=CCN1CCN(S(=O)(=O)c2cc(Cl)ccc2OC)CC1. The van der Waals surface area contributed by atoms with Crippen molar-refractivity contribution >= 4 is 21.6 Å². The molecule has 1 aliphatic heterocycles. The zero-order valence-corrected chi connectivity index (χ0v) is 13.5. The Balaban J connectivity index is 2.23. The number of sulfonamides is 1. The fourth-order valence-corrected chi connectivity index (χ4v) is 4.17. The minimum Gasteiger partial charge on any atom is -0.495 e. The lowest BCUT2D eigenvalue weighted by atomic mass is 10.3. The van der Waals surface area contributed by atoms with Gasteiger partial charge in [0.05, 0.1) is 7.11 Å². The zero-order valence-electron chi connectivity index (χ0n) is 12.0. The van der Waals surface area contributed by atoms with Gasteiger partial charge in [-0.1, -0.05) is 17.7 Å². The van der Waals surface area contributed by atoms with Gasteiger partial charge in [0, 0.05) is 37.7 Å². The largest absolute Gasteiger partial charge is 0.495 e. The van der Waals surface area contributed by atoms with Crippen molar-refractivity contribution in [1.82, 2.24) is 9.21 Å². The van der Waals surface area contributed by atoms with Crippen molar-refractivity contribution in [2.24, 2.45) is 0 Å². The quantitative estimate of drug-likeness (QED) is 0.773. The number of nitrogens with zero attached hydrogens (tertiary/aromatic N) is 2. The van der Waals surface area contributed by atoms with Gasteiger partial charge in [-0.15, -0.1) is 6.58 Å². The summed E-state index contributed by atoms with van der Waals surface area (Å²) in [5.74, 6) is 0.313. The molecule has 1 aromatic carbocycles. The van der Waals surface area contributed by atoms with E-state index in [2.05, 4.69) is 11.5 Å². The Hall–Kier alpha value is -1.08. The third kappa shape index (κ3) is 3.58. The van der Waals surface area contributed by atoms with E-state index < -0.39 is 10.0 Å². The predicted octanol–water partition coefficient (Wildman–Crippen LogP) is 1.84. The molecule has 1 aliphatic rings. The lowest BCUT2D eigenvalue weighted by Gasteiger charge is -2.33. The van der Waals surface area contributed by atoms with Crippen LogP contribution in [0.4, 0.5) is 0 Å². The third-order valence-electron chi connectivity index (χ3n) is 3.46. The Labute approximate surface area is 130 Å². The Morgan fingerprint density at radius 3 is 2.57 bits per heavy atom. The molecule has 1 saturated heterocycles. The van der Waals surface area contributed by atoms with Gasteiger partial charge in [-0.05, 0) is 18.2 Å². The molecule has 0 spiro atoms. The minimum atomic E-state index is -3.59. The molecule has 0 bridgehead atoms. The molecule has 0 atom stereocenters. The molecule has 0 radical (unpaired) electrons. The minimum absolute atomic E-state index is 0.120. The van der Waals surface area contributed by atoms with Crippen molar-refractivity contribution in [1.29, 1.82) is 0 Å². The van der Waals surface area contributed by atoms with E-state index in [9.17, 15) is 8.42 Å². The maximum atomic E-state index is 12.7. The first-order valence-corrected chi connectivity index (χ1v) is 8.48. The van der Waals surface area contributed by atoms with Gasteiger partial charge >= 0.3 is 0 Å². The van der Waals surface area contributed by atoms with E-state index in [1.807, 2.05) is 6.08 Å². The molecular weight excluding hydrogens is 312 g/mol. The molecule has 0 saturated carbocycles. The normalized spacial score (nSPS) is 17.6. The summed E-state index contributed by atoms with van der Waals surface area (Å²) < 4.78 is 32.1. The van der Waals surface area contributed by atoms with Crippen LogP contribution in [0.15, 0.2) is 35.7 Å². The van der Waals surface area contributed by atoms with Crippen LogP contribution >= 0.6 is 11.6 Å². The van der Waals surface area contributed by atoms with Crippen molar-refractivity contribution in [2.45, 2.75) is 4.90 Å². The second-order valence-electron chi connectivity index (χ2n) is 4.79. The maximum Gasteiger partial charge on any atom is 0.246 e. The van der Waals surface area contributed by atoms with Gasteiger partial charge in [0.25, 0.3) is 0 Å². The van der Waals surface area contributed by atoms with Crippen LogP contribution in [0.2, 0.25) is 5.02 Å². The summed E-state index contributed by atoms with van der Waals surface area (Å²) in [6.45, 7) is 6.75. The van der Waals surface area contributed by atoms with Crippen molar-refractivity contribution < 1.29 is 13.2 Å².